The van der Waals surface area contributed by atoms with Gasteiger partial charge in [0.1, 0.15) is 18.1 Å². The van der Waals surface area contributed by atoms with Crippen molar-refractivity contribution in [3.8, 4) is 23.1 Å². The van der Waals surface area contributed by atoms with Crippen molar-refractivity contribution in [1.82, 2.24) is 15.5 Å². The van der Waals surface area contributed by atoms with E-state index in [-0.39, 0.29) is 19.1 Å². The average molecular weight is 367 g/mol. The minimum Gasteiger partial charge on any atom is -0.483 e. The SMILES string of the molecule is Cc1ccc(C)c(OCC(=O)NCCOc2ccc(-c3ccco3)nn2)c1. The highest BCUT2D eigenvalue weighted by atomic mass is 16.5. The Hall–Kier alpha value is -3.35. The Bertz CT molecular complexity index is 877. The molecule has 0 aliphatic carbocycles. The Morgan fingerprint density at radius 1 is 1.11 bits per heavy atom. The van der Waals surface area contributed by atoms with Crippen molar-refractivity contribution < 1.29 is 18.7 Å². The van der Waals surface area contributed by atoms with E-state index in [4.69, 9.17) is 13.9 Å². The highest BCUT2D eigenvalue weighted by Gasteiger charge is 2.06. The molecule has 0 saturated heterocycles. The number of nitrogens with zero attached hydrogens (tertiary/aromatic N) is 2. The standard InChI is InChI=1S/C20H21N3O4/c1-14-5-6-15(2)18(12-14)27-13-19(24)21-9-11-26-20-8-7-16(22-23-20)17-4-3-10-25-17/h3-8,10,12H,9,11,13H2,1-2H3,(H,21,24). The molecule has 140 valence electrons. The lowest BCUT2D eigenvalue weighted by Gasteiger charge is -2.10. The van der Waals surface area contributed by atoms with Gasteiger partial charge in [0.2, 0.25) is 5.88 Å². The molecule has 0 fully saturated rings. The minimum atomic E-state index is -0.209. The predicted molar refractivity (Wildman–Crippen MR) is 99.6 cm³/mol. The normalized spacial score (nSPS) is 10.4. The molecule has 3 aromatic rings. The number of carbonyl (C=O) groups excluding carboxylic acids is 1. The van der Waals surface area contributed by atoms with Crippen LogP contribution in [0.5, 0.6) is 11.6 Å². The van der Waals surface area contributed by atoms with Crippen molar-refractivity contribution in [2.45, 2.75) is 13.8 Å². The third-order valence-corrected chi connectivity index (χ3v) is 3.79. The second-order valence-corrected chi connectivity index (χ2v) is 5.99. The van der Waals surface area contributed by atoms with Gasteiger partial charge in [0.05, 0.1) is 12.8 Å². The number of amides is 1. The number of carbonyl (C=O) groups is 1. The summed E-state index contributed by atoms with van der Waals surface area (Å²) in [6, 6.07) is 12.9. The number of hydrogen-bond donors (Lipinski definition) is 1. The summed E-state index contributed by atoms with van der Waals surface area (Å²) >= 11 is 0. The zero-order valence-electron chi connectivity index (χ0n) is 15.3. The first kappa shape index (κ1) is 18.4. The number of aromatic nitrogens is 2. The molecular formula is C20H21N3O4. The lowest BCUT2D eigenvalue weighted by atomic mass is 10.1. The van der Waals surface area contributed by atoms with Crippen molar-refractivity contribution in [3.05, 3.63) is 59.9 Å². The van der Waals surface area contributed by atoms with E-state index in [1.807, 2.05) is 32.0 Å². The number of rotatable bonds is 8. The zero-order chi connectivity index (χ0) is 19.1. The monoisotopic (exact) mass is 367 g/mol. The molecule has 0 radical (unpaired) electrons. The fraction of sp³-hybridized carbons (Fsp3) is 0.250. The van der Waals surface area contributed by atoms with Gasteiger partial charge in [0.25, 0.3) is 5.91 Å². The van der Waals surface area contributed by atoms with Crippen molar-refractivity contribution in [2.24, 2.45) is 0 Å². The van der Waals surface area contributed by atoms with Gasteiger partial charge in [0.15, 0.2) is 12.4 Å². The van der Waals surface area contributed by atoms with Crippen LogP contribution in [0.15, 0.2) is 53.1 Å². The van der Waals surface area contributed by atoms with E-state index in [1.54, 1.807) is 30.5 Å². The van der Waals surface area contributed by atoms with E-state index in [0.717, 1.165) is 11.1 Å². The fourth-order valence-electron chi connectivity index (χ4n) is 2.36. The summed E-state index contributed by atoms with van der Waals surface area (Å²) in [5, 5.41) is 10.8. The van der Waals surface area contributed by atoms with E-state index >= 15 is 0 Å². The predicted octanol–water partition coefficient (Wildman–Crippen LogP) is 2.93. The molecule has 27 heavy (non-hydrogen) atoms. The maximum atomic E-state index is 11.9. The van der Waals surface area contributed by atoms with Gasteiger partial charge >= 0.3 is 0 Å². The van der Waals surface area contributed by atoms with Gasteiger partial charge in [-0.05, 0) is 49.2 Å². The van der Waals surface area contributed by atoms with Gasteiger partial charge < -0.3 is 19.2 Å². The van der Waals surface area contributed by atoms with Crippen LogP contribution in [0.4, 0.5) is 0 Å². The molecule has 0 aliphatic heterocycles. The number of benzene rings is 1. The lowest BCUT2D eigenvalue weighted by molar-refractivity contribution is -0.123. The summed E-state index contributed by atoms with van der Waals surface area (Å²) in [6.07, 6.45) is 1.58. The molecule has 1 aromatic carbocycles. The largest absolute Gasteiger partial charge is 0.483 e. The molecule has 0 aliphatic rings. The van der Waals surface area contributed by atoms with Gasteiger partial charge in [-0.3, -0.25) is 4.79 Å². The molecule has 7 nitrogen and oxygen atoms in total. The number of furan rings is 1. The van der Waals surface area contributed by atoms with Crippen molar-refractivity contribution in [3.63, 3.8) is 0 Å². The molecule has 0 saturated carbocycles. The molecule has 0 bridgehead atoms. The highest BCUT2D eigenvalue weighted by molar-refractivity contribution is 5.77. The summed E-state index contributed by atoms with van der Waals surface area (Å²) < 4.78 is 16.3. The number of hydrogen-bond acceptors (Lipinski definition) is 6. The molecule has 2 heterocycles. The van der Waals surface area contributed by atoms with Crippen LogP contribution < -0.4 is 14.8 Å². The molecule has 1 amide bonds. The minimum absolute atomic E-state index is 0.0397. The quantitative estimate of drug-likeness (QED) is 0.616. The van der Waals surface area contributed by atoms with Gasteiger partial charge in [0, 0.05) is 6.07 Å². The second-order valence-electron chi connectivity index (χ2n) is 5.99. The molecule has 3 rings (SSSR count). The molecule has 0 spiro atoms. The molecular weight excluding hydrogens is 346 g/mol. The van der Waals surface area contributed by atoms with Crippen LogP contribution in [-0.4, -0.2) is 35.9 Å². The number of nitrogens with one attached hydrogen (secondary N) is 1. The molecule has 7 heteroatoms. The summed E-state index contributed by atoms with van der Waals surface area (Å²) in [6.45, 7) is 4.51. The van der Waals surface area contributed by atoms with Crippen molar-refractivity contribution in [2.75, 3.05) is 19.8 Å². The molecule has 0 atom stereocenters. The maximum Gasteiger partial charge on any atom is 0.258 e. The number of ether oxygens (including phenoxy) is 2. The summed E-state index contributed by atoms with van der Waals surface area (Å²) in [5.41, 5.74) is 2.71. The molecule has 1 N–H and O–H groups in total. The van der Waals surface area contributed by atoms with E-state index < -0.39 is 0 Å². The van der Waals surface area contributed by atoms with Crippen LogP contribution in [0.1, 0.15) is 11.1 Å². The van der Waals surface area contributed by atoms with Crippen LogP contribution in [-0.2, 0) is 4.79 Å². The maximum absolute atomic E-state index is 11.9. The van der Waals surface area contributed by atoms with Crippen LogP contribution in [0.3, 0.4) is 0 Å². The summed E-state index contributed by atoms with van der Waals surface area (Å²) in [5.74, 6) is 1.53. The van der Waals surface area contributed by atoms with E-state index in [9.17, 15) is 4.79 Å². The van der Waals surface area contributed by atoms with E-state index in [1.165, 1.54) is 0 Å². The molecule has 2 aromatic heterocycles. The van der Waals surface area contributed by atoms with E-state index in [2.05, 4.69) is 15.5 Å². The van der Waals surface area contributed by atoms with Crippen LogP contribution >= 0.6 is 0 Å². The first-order valence-electron chi connectivity index (χ1n) is 8.59. The highest BCUT2D eigenvalue weighted by Crippen LogP contribution is 2.19. The Morgan fingerprint density at radius 3 is 2.74 bits per heavy atom. The van der Waals surface area contributed by atoms with Crippen LogP contribution in [0.25, 0.3) is 11.5 Å². The summed E-state index contributed by atoms with van der Waals surface area (Å²) in [7, 11) is 0. The van der Waals surface area contributed by atoms with E-state index in [0.29, 0.717) is 29.6 Å². The van der Waals surface area contributed by atoms with Gasteiger partial charge in [-0.25, -0.2) is 0 Å². The topological polar surface area (TPSA) is 86.5 Å². The smallest absolute Gasteiger partial charge is 0.258 e. The fourth-order valence-corrected chi connectivity index (χ4v) is 2.36. The first-order chi connectivity index (χ1) is 13.1. The Balaban J connectivity index is 1.37. The summed E-state index contributed by atoms with van der Waals surface area (Å²) in [4.78, 5) is 11.9. The zero-order valence-corrected chi connectivity index (χ0v) is 15.3. The third kappa shape index (κ3) is 5.31. The first-order valence-corrected chi connectivity index (χ1v) is 8.59. The van der Waals surface area contributed by atoms with Crippen molar-refractivity contribution >= 4 is 5.91 Å². The Kier molecular flexibility index (Phi) is 6.04. The third-order valence-electron chi connectivity index (χ3n) is 3.79. The second kappa shape index (κ2) is 8.84. The average Bonchev–Trinajstić information content (AvgIpc) is 3.21. The van der Waals surface area contributed by atoms with Gasteiger partial charge in [-0.1, -0.05) is 12.1 Å². The lowest BCUT2D eigenvalue weighted by Crippen LogP contribution is -2.32. The van der Waals surface area contributed by atoms with Gasteiger partial charge in [-0.2, -0.15) is 0 Å². The number of aryl methyl sites for hydroxylation is 2. The Labute approximate surface area is 157 Å². The van der Waals surface area contributed by atoms with Crippen LogP contribution in [0.2, 0.25) is 0 Å². The van der Waals surface area contributed by atoms with Crippen LogP contribution in [0, 0.1) is 13.8 Å². The van der Waals surface area contributed by atoms with Crippen molar-refractivity contribution in [1.29, 1.82) is 0 Å². The Morgan fingerprint density at radius 2 is 2.00 bits per heavy atom. The van der Waals surface area contributed by atoms with Gasteiger partial charge in [-0.15, -0.1) is 10.2 Å². The molecule has 0 unspecified atom stereocenters.